The van der Waals surface area contributed by atoms with E-state index in [2.05, 4.69) is 19.6 Å². The molecule has 0 fully saturated rings. The van der Waals surface area contributed by atoms with E-state index in [1.54, 1.807) is 6.26 Å². The maximum absolute atomic E-state index is 4.99. The molecule has 0 aromatic heterocycles. The summed E-state index contributed by atoms with van der Waals surface area (Å²) in [5.74, 6) is 0. The minimum Gasteiger partial charge on any atom is -0.474 e. The second-order valence-electron chi connectivity index (χ2n) is 13.8. The van der Waals surface area contributed by atoms with Crippen molar-refractivity contribution in [2.24, 2.45) is 0 Å². The van der Waals surface area contributed by atoms with Crippen molar-refractivity contribution in [3.63, 3.8) is 0 Å². The van der Waals surface area contributed by atoms with E-state index in [4.69, 9.17) is 4.74 Å². The minimum atomic E-state index is 1.13. The average Bonchev–Trinajstić information content (AvgIpc) is 3.02. The fourth-order valence-corrected chi connectivity index (χ4v) is 6.52. The molecule has 0 atom stereocenters. The molecule has 0 amide bonds. The summed E-state index contributed by atoms with van der Waals surface area (Å²) >= 11 is 0. The predicted octanol–water partition coefficient (Wildman–Crippen LogP) is 16.1. The van der Waals surface area contributed by atoms with Gasteiger partial charge in [-0.05, 0) is 18.9 Å². The van der Waals surface area contributed by atoms with Crippen LogP contribution in [0.5, 0.6) is 0 Å². The summed E-state index contributed by atoms with van der Waals surface area (Å²) in [5, 5.41) is 0. The summed E-state index contributed by atoms with van der Waals surface area (Å²) in [6.45, 7) is 5.84. The van der Waals surface area contributed by atoms with E-state index < -0.39 is 0 Å². The molecule has 0 unspecified atom stereocenters. The molecule has 0 aliphatic heterocycles. The number of hydrogen-bond acceptors (Lipinski definition) is 1. The Kier molecular flexibility index (Phi) is 40.6. The van der Waals surface area contributed by atoms with Crippen molar-refractivity contribution in [3.05, 3.63) is 25.2 Å². The van der Waals surface area contributed by atoms with Crippen LogP contribution in [0.3, 0.4) is 0 Å². The summed E-state index contributed by atoms with van der Waals surface area (Å²) in [6, 6.07) is 0. The van der Waals surface area contributed by atoms with Gasteiger partial charge in [0.05, 0.1) is 12.5 Å². The van der Waals surface area contributed by atoms with E-state index in [0.717, 1.165) is 6.42 Å². The molecule has 1 nitrogen and oxygen atoms in total. The van der Waals surface area contributed by atoms with Crippen LogP contribution in [0.2, 0.25) is 0 Å². The number of allylic oxidation sites excluding steroid dienone is 1. The Bertz CT molecular complexity index is 509. The molecule has 0 spiro atoms. The molecule has 0 heterocycles. The van der Waals surface area contributed by atoms with Crippen molar-refractivity contribution < 1.29 is 4.74 Å². The van der Waals surface area contributed by atoms with Crippen LogP contribution in [0.25, 0.3) is 0 Å². The van der Waals surface area contributed by atoms with Crippen LogP contribution in [0.4, 0.5) is 0 Å². The summed E-state index contributed by atoms with van der Waals surface area (Å²) in [4.78, 5) is 0. The quantitative estimate of drug-likeness (QED) is 0.0502. The van der Waals surface area contributed by atoms with Crippen molar-refractivity contribution in [1.82, 2.24) is 0 Å². The van der Waals surface area contributed by atoms with Crippen molar-refractivity contribution in [2.75, 3.05) is 0 Å². The molecule has 0 aliphatic carbocycles. The lowest BCUT2D eigenvalue weighted by molar-refractivity contribution is 0.402. The fraction of sp³-hybridized carbons (Fsp3) is 0.905. The van der Waals surface area contributed by atoms with Gasteiger partial charge in [0.25, 0.3) is 0 Å². The van der Waals surface area contributed by atoms with Crippen molar-refractivity contribution in [3.8, 4) is 0 Å². The molecule has 0 aromatic rings. The van der Waals surface area contributed by atoms with Crippen LogP contribution in [0.15, 0.2) is 25.2 Å². The zero-order valence-electron chi connectivity index (χ0n) is 30.0. The van der Waals surface area contributed by atoms with E-state index >= 15 is 0 Å². The van der Waals surface area contributed by atoms with Crippen LogP contribution in [-0.2, 0) is 4.74 Å². The second kappa shape index (κ2) is 41.3. The summed E-state index contributed by atoms with van der Waals surface area (Å²) in [5.41, 5.74) is 0. The fourth-order valence-electron chi connectivity index (χ4n) is 6.52. The molecular weight excluding hydrogens is 520 g/mol. The van der Waals surface area contributed by atoms with Crippen molar-refractivity contribution in [2.45, 2.75) is 244 Å². The molecule has 0 bridgehead atoms. The lowest BCUT2D eigenvalue weighted by Crippen LogP contribution is -1.85. The Labute approximate surface area is 273 Å². The average molecular weight is 603 g/mol. The summed E-state index contributed by atoms with van der Waals surface area (Å²) in [6.07, 6.45) is 59.2. The monoisotopic (exact) mass is 603 g/mol. The van der Waals surface area contributed by atoms with Crippen LogP contribution >= 0.6 is 0 Å². The van der Waals surface area contributed by atoms with Gasteiger partial charge in [0.15, 0.2) is 0 Å². The molecule has 0 rings (SSSR count). The smallest absolute Gasteiger partial charge is 0.0861 e. The number of unbranched alkanes of at least 4 members (excludes halogenated alkanes) is 36. The Morgan fingerprint density at radius 1 is 0.326 bits per heavy atom. The lowest BCUT2D eigenvalue weighted by Gasteiger charge is -2.05. The van der Waals surface area contributed by atoms with Crippen LogP contribution in [0.1, 0.15) is 244 Å². The van der Waals surface area contributed by atoms with Gasteiger partial charge in [-0.2, -0.15) is 0 Å². The normalized spacial score (nSPS) is 11.6. The van der Waals surface area contributed by atoms with Gasteiger partial charge in [0, 0.05) is 0 Å². The van der Waals surface area contributed by atoms with Gasteiger partial charge in [0.2, 0.25) is 0 Å². The molecule has 1 heteroatoms. The first-order valence-corrected chi connectivity index (χ1v) is 20.3. The second-order valence-corrected chi connectivity index (χ2v) is 13.8. The zero-order valence-corrected chi connectivity index (χ0v) is 30.0. The summed E-state index contributed by atoms with van der Waals surface area (Å²) in [7, 11) is 0. The third kappa shape index (κ3) is 41.3. The minimum absolute atomic E-state index is 1.13. The molecular formula is C42H82O. The van der Waals surface area contributed by atoms with Gasteiger partial charge in [-0.25, -0.2) is 0 Å². The molecule has 0 aliphatic rings. The van der Waals surface area contributed by atoms with Gasteiger partial charge < -0.3 is 4.74 Å². The molecule has 0 saturated heterocycles. The third-order valence-electron chi connectivity index (χ3n) is 9.50. The van der Waals surface area contributed by atoms with Gasteiger partial charge in [-0.1, -0.05) is 238 Å². The Morgan fingerprint density at radius 3 is 0.744 bits per heavy atom. The van der Waals surface area contributed by atoms with Crippen molar-refractivity contribution >= 4 is 0 Å². The van der Waals surface area contributed by atoms with E-state index in [1.807, 2.05) is 0 Å². The largest absolute Gasteiger partial charge is 0.474 e. The van der Waals surface area contributed by atoms with E-state index in [0.29, 0.717) is 0 Å². The van der Waals surface area contributed by atoms with Gasteiger partial charge >= 0.3 is 0 Å². The topological polar surface area (TPSA) is 9.23 Å². The highest BCUT2D eigenvalue weighted by atomic mass is 16.5. The van der Waals surface area contributed by atoms with Gasteiger partial charge in [-0.15, -0.1) is 0 Å². The Balaban J connectivity index is 3.04. The number of ether oxygens (including phenoxy) is 1. The SMILES string of the molecule is C=COC=CCCCCCCCCCCCCCCCCCCCCCCCCCCCCCCCCCCCCCC. The highest BCUT2D eigenvalue weighted by molar-refractivity contribution is 4.75. The Hall–Kier alpha value is -0.720. The zero-order chi connectivity index (χ0) is 31.0. The number of rotatable bonds is 39. The summed E-state index contributed by atoms with van der Waals surface area (Å²) < 4.78 is 4.99. The molecule has 0 N–H and O–H groups in total. The third-order valence-corrected chi connectivity index (χ3v) is 9.50. The molecule has 0 aromatic carbocycles. The van der Waals surface area contributed by atoms with E-state index in [9.17, 15) is 0 Å². The molecule has 43 heavy (non-hydrogen) atoms. The Morgan fingerprint density at radius 2 is 0.535 bits per heavy atom. The van der Waals surface area contributed by atoms with Gasteiger partial charge in [0.1, 0.15) is 0 Å². The maximum atomic E-state index is 4.99. The van der Waals surface area contributed by atoms with Crippen LogP contribution in [-0.4, -0.2) is 0 Å². The van der Waals surface area contributed by atoms with Crippen LogP contribution in [0, 0.1) is 0 Å². The van der Waals surface area contributed by atoms with Gasteiger partial charge in [-0.3, -0.25) is 0 Å². The molecule has 0 saturated carbocycles. The first-order chi connectivity index (χ1) is 21.4. The molecule has 256 valence electrons. The van der Waals surface area contributed by atoms with E-state index in [-0.39, 0.29) is 0 Å². The van der Waals surface area contributed by atoms with Crippen LogP contribution < -0.4 is 0 Å². The maximum Gasteiger partial charge on any atom is 0.0861 e. The van der Waals surface area contributed by atoms with Crippen molar-refractivity contribution in [1.29, 1.82) is 0 Å². The predicted molar refractivity (Wildman–Crippen MR) is 197 cm³/mol. The first kappa shape index (κ1) is 42.3. The number of hydrogen-bond donors (Lipinski definition) is 0. The highest BCUT2D eigenvalue weighted by Crippen LogP contribution is 2.17. The first-order valence-electron chi connectivity index (χ1n) is 20.3. The lowest BCUT2D eigenvalue weighted by atomic mass is 10.0. The standard InChI is InChI=1S/C42H82O/c1-3-5-6-7-8-9-10-11-12-13-14-15-16-17-18-19-20-21-22-23-24-25-26-27-28-29-30-31-32-33-34-35-36-37-38-39-40-41-42-43-4-2/h4,41-42H,2-3,5-40H2,1H3. The highest BCUT2D eigenvalue weighted by Gasteiger charge is 1.97. The molecule has 0 radical (unpaired) electrons. The van der Waals surface area contributed by atoms with E-state index in [1.165, 1.54) is 237 Å².